The van der Waals surface area contributed by atoms with Crippen LogP contribution in [0, 0.1) is 10.8 Å². The monoisotopic (exact) mass is 647 g/mol. The van der Waals surface area contributed by atoms with Crippen molar-refractivity contribution in [2.24, 2.45) is 10.8 Å². The fourth-order valence-corrected chi connectivity index (χ4v) is 7.89. The van der Waals surface area contributed by atoms with Crippen LogP contribution in [0.15, 0.2) is 43.6 Å². The number of unbranched alkanes of at least 4 members (excludes halogenated alkanes) is 5. The van der Waals surface area contributed by atoms with Crippen molar-refractivity contribution in [1.29, 1.82) is 0 Å². The molecule has 1 heterocycles. The summed E-state index contributed by atoms with van der Waals surface area (Å²) >= 11 is 7.51. The molecule has 208 valence electrons. The van der Waals surface area contributed by atoms with Crippen LogP contribution < -0.4 is 4.74 Å². The third-order valence-corrected chi connectivity index (χ3v) is 9.46. The number of hydrogen-bond acceptors (Lipinski definition) is 4. The van der Waals surface area contributed by atoms with Gasteiger partial charge in [0.2, 0.25) is 0 Å². The Balaban J connectivity index is 1.70. The number of nitrogens with zero attached hydrogens (tertiary/aromatic N) is 1. The lowest BCUT2D eigenvalue weighted by Gasteiger charge is -2.48. The summed E-state index contributed by atoms with van der Waals surface area (Å²) in [6, 6.07) is 4.12. The summed E-state index contributed by atoms with van der Waals surface area (Å²) in [5.74, 6) is 0.760. The number of benzene rings is 1. The fraction of sp³-hybridized carbons (Fsp3) is 0.625. The van der Waals surface area contributed by atoms with Gasteiger partial charge in [0.15, 0.2) is 11.6 Å². The molecule has 0 radical (unpaired) electrons. The van der Waals surface area contributed by atoms with Gasteiger partial charge in [-0.05, 0) is 79.6 Å². The van der Waals surface area contributed by atoms with Gasteiger partial charge in [-0.1, -0.05) is 66.7 Å². The number of hydrogen-bond donors (Lipinski definition) is 0. The van der Waals surface area contributed by atoms with E-state index in [1.165, 1.54) is 32.1 Å². The van der Waals surface area contributed by atoms with E-state index in [0.29, 0.717) is 19.4 Å². The largest absolute Gasteiger partial charge is 0.491 e. The van der Waals surface area contributed by atoms with Crippen LogP contribution in [0.25, 0.3) is 0 Å². The zero-order chi connectivity index (χ0) is 27.8. The van der Waals surface area contributed by atoms with Crippen molar-refractivity contribution in [3.8, 4) is 5.75 Å². The second-order valence-electron chi connectivity index (χ2n) is 13.0. The average Bonchev–Trinajstić information content (AvgIpc) is 2.80. The van der Waals surface area contributed by atoms with E-state index in [2.05, 4.69) is 90.6 Å². The Bertz CT molecular complexity index is 1100. The minimum Gasteiger partial charge on any atom is -0.491 e. The number of carbonyl (C=O) groups excluding carboxylic acids is 2. The van der Waals surface area contributed by atoms with Crippen molar-refractivity contribution < 1.29 is 14.3 Å². The third-order valence-electron chi connectivity index (χ3n) is 8.28. The van der Waals surface area contributed by atoms with E-state index >= 15 is 0 Å². The first kappa shape index (κ1) is 29.6. The van der Waals surface area contributed by atoms with Crippen LogP contribution in [0.1, 0.15) is 110 Å². The maximum absolute atomic E-state index is 13.7. The smallest absolute Gasteiger partial charge is 0.162 e. The molecule has 0 spiro atoms. The third kappa shape index (κ3) is 6.16. The van der Waals surface area contributed by atoms with Gasteiger partial charge in [-0.2, -0.15) is 0 Å². The number of rotatable bonds is 9. The first-order chi connectivity index (χ1) is 17.8. The molecular formula is C32H43Br2NO3. The lowest BCUT2D eigenvalue weighted by atomic mass is 9.64. The van der Waals surface area contributed by atoms with Crippen molar-refractivity contribution in [1.82, 2.24) is 4.90 Å². The van der Waals surface area contributed by atoms with Crippen molar-refractivity contribution >= 4 is 43.4 Å². The summed E-state index contributed by atoms with van der Waals surface area (Å²) in [5.41, 5.74) is 4.53. The minimum absolute atomic E-state index is 0.101. The van der Waals surface area contributed by atoms with E-state index in [1.807, 2.05) is 0 Å². The SMILES string of the molecule is CCCCCCCCOc1c(Br)cc(C2C3=C(CC(C)(C)CC3=O)N(C)C3=C2C(=O)CC(C)(C)C3)cc1Br. The highest BCUT2D eigenvalue weighted by Gasteiger charge is 2.48. The quantitative estimate of drug-likeness (QED) is 0.250. The van der Waals surface area contributed by atoms with Crippen LogP contribution in [0.3, 0.4) is 0 Å². The van der Waals surface area contributed by atoms with Crippen LogP contribution >= 0.6 is 31.9 Å². The zero-order valence-corrected chi connectivity index (χ0v) is 27.1. The molecule has 1 aliphatic heterocycles. The van der Waals surface area contributed by atoms with Gasteiger partial charge in [-0.15, -0.1) is 0 Å². The Hall–Kier alpha value is -1.40. The number of halogens is 2. The summed E-state index contributed by atoms with van der Waals surface area (Å²) in [6.45, 7) is 11.6. The molecule has 0 aromatic heterocycles. The maximum atomic E-state index is 13.7. The molecule has 0 N–H and O–H groups in total. The molecule has 0 amide bonds. The van der Waals surface area contributed by atoms with Crippen molar-refractivity contribution in [2.75, 3.05) is 13.7 Å². The van der Waals surface area contributed by atoms with Crippen LogP contribution in [0.4, 0.5) is 0 Å². The van der Waals surface area contributed by atoms with E-state index in [1.54, 1.807) is 0 Å². The fourth-order valence-electron chi connectivity index (χ4n) is 6.44. The standard InChI is InChI=1S/C32H43Br2NO3/c1-7-8-9-10-11-12-13-38-30-21(33)14-20(15-22(30)34)27-28-23(16-31(2,3)18-25(28)36)35(6)24-17-32(4,5)19-26(37)29(24)27/h14-15,27H,7-13,16-19H2,1-6H3. The van der Waals surface area contributed by atoms with Gasteiger partial charge in [0, 0.05) is 48.3 Å². The predicted octanol–water partition coefficient (Wildman–Crippen LogP) is 9.27. The Morgan fingerprint density at radius 2 is 1.29 bits per heavy atom. The molecule has 0 saturated carbocycles. The molecule has 0 unspecified atom stereocenters. The second-order valence-corrected chi connectivity index (χ2v) is 14.7. The molecule has 0 bridgehead atoms. The van der Waals surface area contributed by atoms with Crippen LogP contribution in [-0.2, 0) is 9.59 Å². The molecule has 3 aliphatic rings. The summed E-state index contributed by atoms with van der Waals surface area (Å²) in [6.07, 6.45) is 9.95. The average molecular weight is 650 g/mol. The molecular weight excluding hydrogens is 606 g/mol. The minimum atomic E-state index is -0.344. The highest BCUT2D eigenvalue weighted by atomic mass is 79.9. The van der Waals surface area contributed by atoms with Gasteiger partial charge in [0.05, 0.1) is 15.6 Å². The van der Waals surface area contributed by atoms with Gasteiger partial charge in [0.25, 0.3) is 0 Å². The van der Waals surface area contributed by atoms with Gasteiger partial charge in [-0.3, -0.25) is 9.59 Å². The van der Waals surface area contributed by atoms with Crippen molar-refractivity contribution in [2.45, 2.75) is 105 Å². The molecule has 4 rings (SSSR count). The highest BCUT2D eigenvalue weighted by molar-refractivity contribution is 9.11. The first-order valence-corrected chi connectivity index (χ1v) is 15.8. The number of ether oxygens (including phenoxy) is 1. The van der Waals surface area contributed by atoms with Crippen molar-refractivity contribution in [3.05, 3.63) is 49.2 Å². The van der Waals surface area contributed by atoms with E-state index in [9.17, 15) is 9.59 Å². The van der Waals surface area contributed by atoms with Gasteiger partial charge in [0.1, 0.15) is 5.75 Å². The van der Waals surface area contributed by atoms with Crippen LogP contribution in [0.2, 0.25) is 0 Å². The molecule has 6 heteroatoms. The molecule has 0 saturated heterocycles. The zero-order valence-electron chi connectivity index (χ0n) is 23.9. The van der Waals surface area contributed by atoms with Gasteiger partial charge < -0.3 is 9.64 Å². The number of allylic oxidation sites excluding steroid dienone is 4. The van der Waals surface area contributed by atoms with E-state index in [-0.39, 0.29) is 28.3 Å². The molecule has 1 aromatic rings. The number of Topliss-reactive ketones (excluding diaryl/α,β-unsaturated/α-hetero) is 2. The molecule has 1 aromatic carbocycles. The summed E-state index contributed by atoms with van der Waals surface area (Å²) in [7, 11) is 2.05. The molecule has 0 fully saturated rings. The molecule has 4 nitrogen and oxygen atoms in total. The van der Waals surface area contributed by atoms with Crippen LogP contribution in [-0.4, -0.2) is 30.1 Å². The van der Waals surface area contributed by atoms with E-state index in [0.717, 1.165) is 62.1 Å². The Morgan fingerprint density at radius 3 is 1.79 bits per heavy atom. The second kappa shape index (κ2) is 11.6. The van der Waals surface area contributed by atoms with Gasteiger partial charge in [-0.25, -0.2) is 0 Å². The molecule has 38 heavy (non-hydrogen) atoms. The maximum Gasteiger partial charge on any atom is 0.162 e. The summed E-state index contributed by atoms with van der Waals surface area (Å²) in [5, 5.41) is 0. The first-order valence-electron chi connectivity index (χ1n) is 14.2. The Morgan fingerprint density at radius 1 is 0.816 bits per heavy atom. The molecule has 2 aliphatic carbocycles. The Kier molecular flexibility index (Phi) is 9.03. The lowest BCUT2D eigenvalue weighted by molar-refractivity contribution is -0.119. The van der Waals surface area contributed by atoms with Crippen molar-refractivity contribution in [3.63, 3.8) is 0 Å². The summed E-state index contributed by atoms with van der Waals surface area (Å²) < 4.78 is 7.88. The van der Waals surface area contributed by atoms with Gasteiger partial charge >= 0.3 is 0 Å². The highest BCUT2D eigenvalue weighted by Crippen LogP contribution is 2.54. The lowest BCUT2D eigenvalue weighted by Crippen LogP contribution is -2.43. The summed E-state index contributed by atoms with van der Waals surface area (Å²) in [4.78, 5) is 29.6. The normalized spacial score (nSPS) is 21.1. The topological polar surface area (TPSA) is 46.6 Å². The Labute approximate surface area is 245 Å². The predicted molar refractivity (Wildman–Crippen MR) is 161 cm³/mol. The van der Waals surface area contributed by atoms with E-state index in [4.69, 9.17) is 4.74 Å². The van der Waals surface area contributed by atoms with Crippen LogP contribution in [0.5, 0.6) is 5.75 Å². The number of carbonyl (C=O) groups is 2. The number of ketones is 2. The van der Waals surface area contributed by atoms with E-state index < -0.39 is 0 Å². The molecule has 0 atom stereocenters.